The van der Waals surface area contributed by atoms with E-state index in [1.165, 1.54) is 12.1 Å². The van der Waals surface area contributed by atoms with Gasteiger partial charge in [0.1, 0.15) is 5.82 Å². The third-order valence-electron chi connectivity index (χ3n) is 2.36. The molecule has 0 N–H and O–H groups in total. The van der Waals surface area contributed by atoms with Crippen LogP contribution in [-0.4, -0.2) is 19.5 Å². The second kappa shape index (κ2) is 5.72. The molecule has 90 valence electrons. The van der Waals surface area contributed by atoms with Crippen LogP contribution in [0.2, 0.25) is 0 Å². The molecule has 2 aromatic rings. The topological polar surface area (TPSA) is 34.9 Å². The van der Waals surface area contributed by atoms with Crippen LogP contribution in [0.15, 0.2) is 47.9 Å². The van der Waals surface area contributed by atoms with E-state index in [9.17, 15) is 8.60 Å². The van der Waals surface area contributed by atoms with E-state index in [0.717, 1.165) is 13.0 Å². The quantitative estimate of drug-likeness (QED) is 0.818. The molecule has 0 amide bonds. The molecule has 1 aromatic heterocycles. The first-order valence-corrected chi connectivity index (χ1v) is 6.67. The summed E-state index contributed by atoms with van der Waals surface area (Å²) in [5, 5.41) is 0. The fourth-order valence-corrected chi connectivity index (χ4v) is 2.63. The Morgan fingerprint density at radius 1 is 1.41 bits per heavy atom. The van der Waals surface area contributed by atoms with E-state index in [0.29, 0.717) is 10.6 Å². The molecule has 1 unspecified atom stereocenters. The molecule has 0 bridgehead atoms. The maximum atomic E-state index is 12.9. The average Bonchev–Trinajstić information content (AvgIpc) is 2.82. The number of aryl methyl sites for hydroxylation is 1. The normalized spacial score (nSPS) is 12.5. The first-order valence-electron chi connectivity index (χ1n) is 5.35. The van der Waals surface area contributed by atoms with Gasteiger partial charge >= 0.3 is 0 Å². The molecule has 5 heteroatoms. The van der Waals surface area contributed by atoms with Crippen molar-refractivity contribution in [2.45, 2.75) is 17.9 Å². The summed E-state index contributed by atoms with van der Waals surface area (Å²) in [6.07, 6.45) is 6.08. The molecule has 0 saturated heterocycles. The smallest absolute Gasteiger partial charge is 0.124 e. The molecular weight excluding hydrogens is 239 g/mol. The average molecular weight is 252 g/mol. The summed E-state index contributed by atoms with van der Waals surface area (Å²) in [5.74, 6) is 0.187. The van der Waals surface area contributed by atoms with Crippen molar-refractivity contribution >= 4 is 10.8 Å². The molecule has 0 radical (unpaired) electrons. The molecule has 0 spiro atoms. The van der Waals surface area contributed by atoms with Gasteiger partial charge in [-0.15, -0.1) is 0 Å². The Labute approximate surface area is 102 Å². The lowest BCUT2D eigenvalue weighted by Crippen LogP contribution is -2.03. The lowest BCUT2D eigenvalue weighted by Gasteiger charge is -2.03. The Kier molecular flexibility index (Phi) is 4.03. The summed E-state index contributed by atoms with van der Waals surface area (Å²) in [6, 6.07) is 5.95. The maximum absolute atomic E-state index is 12.9. The van der Waals surface area contributed by atoms with Crippen LogP contribution in [0, 0.1) is 5.82 Å². The second-order valence-corrected chi connectivity index (χ2v) is 5.23. The lowest BCUT2D eigenvalue weighted by molar-refractivity contribution is 0.622. The van der Waals surface area contributed by atoms with E-state index in [4.69, 9.17) is 0 Å². The van der Waals surface area contributed by atoms with Gasteiger partial charge in [-0.05, 0) is 24.6 Å². The van der Waals surface area contributed by atoms with Gasteiger partial charge in [-0.2, -0.15) is 0 Å². The minimum absolute atomic E-state index is 0.342. The van der Waals surface area contributed by atoms with Gasteiger partial charge in [-0.25, -0.2) is 9.37 Å². The van der Waals surface area contributed by atoms with Crippen LogP contribution in [0.5, 0.6) is 0 Å². The van der Waals surface area contributed by atoms with E-state index in [1.807, 2.05) is 10.8 Å². The van der Waals surface area contributed by atoms with Gasteiger partial charge in [0.25, 0.3) is 0 Å². The molecular formula is C12H13FN2OS. The van der Waals surface area contributed by atoms with Crippen LogP contribution >= 0.6 is 0 Å². The Bertz CT molecular complexity index is 499. The molecule has 1 aromatic carbocycles. The van der Waals surface area contributed by atoms with Gasteiger partial charge in [0.05, 0.1) is 17.1 Å². The molecule has 0 saturated carbocycles. The number of hydrogen-bond acceptors (Lipinski definition) is 2. The fraction of sp³-hybridized carbons (Fsp3) is 0.250. The highest BCUT2D eigenvalue weighted by Crippen LogP contribution is 2.09. The van der Waals surface area contributed by atoms with Crippen LogP contribution in [0.3, 0.4) is 0 Å². The molecule has 0 aliphatic carbocycles. The molecule has 3 nitrogen and oxygen atoms in total. The third-order valence-corrected chi connectivity index (χ3v) is 3.80. The van der Waals surface area contributed by atoms with Crippen molar-refractivity contribution in [3.8, 4) is 0 Å². The monoisotopic (exact) mass is 252 g/mol. The zero-order chi connectivity index (χ0) is 12.1. The lowest BCUT2D eigenvalue weighted by atomic mass is 10.4. The Hall–Kier alpha value is -1.49. The number of benzene rings is 1. The van der Waals surface area contributed by atoms with Gasteiger partial charge in [0, 0.05) is 29.6 Å². The van der Waals surface area contributed by atoms with Crippen molar-refractivity contribution in [1.29, 1.82) is 0 Å². The number of imidazole rings is 1. The van der Waals surface area contributed by atoms with E-state index >= 15 is 0 Å². The summed E-state index contributed by atoms with van der Waals surface area (Å²) in [5.41, 5.74) is 0. The summed E-state index contributed by atoms with van der Waals surface area (Å²) in [4.78, 5) is 4.48. The van der Waals surface area contributed by atoms with Gasteiger partial charge in [-0.3, -0.25) is 4.21 Å². The van der Waals surface area contributed by atoms with Crippen molar-refractivity contribution in [3.05, 3.63) is 48.8 Å². The molecule has 2 rings (SSSR count). The van der Waals surface area contributed by atoms with E-state index in [1.54, 1.807) is 24.7 Å². The predicted octanol–water partition coefficient (Wildman–Crippen LogP) is 2.22. The summed E-state index contributed by atoms with van der Waals surface area (Å²) in [6.45, 7) is 0.779. The van der Waals surface area contributed by atoms with Crippen molar-refractivity contribution in [3.63, 3.8) is 0 Å². The Balaban J connectivity index is 1.85. The number of hydrogen-bond donors (Lipinski definition) is 0. The van der Waals surface area contributed by atoms with E-state index < -0.39 is 10.8 Å². The van der Waals surface area contributed by atoms with Crippen molar-refractivity contribution in [2.75, 3.05) is 5.75 Å². The SMILES string of the molecule is O=S(CCCn1ccnc1)c1cccc(F)c1. The molecule has 1 atom stereocenters. The first-order chi connectivity index (χ1) is 8.25. The van der Waals surface area contributed by atoms with Crippen LogP contribution in [0.1, 0.15) is 6.42 Å². The predicted molar refractivity (Wildman–Crippen MR) is 64.5 cm³/mol. The number of rotatable bonds is 5. The van der Waals surface area contributed by atoms with Crippen LogP contribution in [0.4, 0.5) is 4.39 Å². The second-order valence-electron chi connectivity index (χ2n) is 3.66. The van der Waals surface area contributed by atoms with Crippen LogP contribution in [-0.2, 0) is 17.3 Å². The van der Waals surface area contributed by atoms with Gasteiger partial charge in [-0.1, -0.05) is 6.07 Å². The fourth-order valence-electron chi connectivity index (χ4n) is 1.52. The molecule has 0 fully saturated rings. The Morgan fingerprint density at radius 3 is 3.00 bits per heavy atom. The molecule has 17 heavy (non-hydrogen) atoms. The standard InChI is InChI=1S/C12H13FN2OS/c13-11-3-1-4-12(9-11)17(16)8-2-6-15-7-5-14-10-15/h1,3-5,7,9-10H,2,6,8H2. The molecule has 1 heterocycles. The van der Waals surface area contributed by atoms with Crippen molar-refractivity contribution in [1.82, 2.24) is 9.55 Å². The van der Waals surface area contributed by atoms with E-state index in [-0.39, 0.29) is 5.82 Å². The minimum Gasteiger partial charge on any atom is -0.337 e. The zero-order valence-electron chi connectivity index (χ0n) is 9.25. The van der Waals surface area contributed by atoms with Crippen LogP contribution in [0.25, 0.3) is 0 Å². The highest BCUT2D eigenvalue weighted by Gasteiger charge is 2.04. The maximum Gasteiger partial charge on any atom is 0.124 e. The van der Waals surface area contributed by atoms with E-state index in [2.05, 4.69) is 4.98 Å². The Morgan fingerprint density at radius 2 is 2.29 bits per heavy atom. The number of halogens is 1. The molecule has 0 aliphatic rings. The highest BCUT2D eigenvalue weighted by molar-refractivity contribution is 7.85. The summed E-state index contributed by atoms with van der Waals surface area (Å²) in [7, 11) is -1.13. The van der Waals surface area contributed by atoms with Crippen molar-refractivity contribution in [2.24, 2.45) is 0 Å². The molecule has 0 aliphatic heterocycles. The van der Waals surface area contributed by atoms with Gasteiger partial charge in [0.2, 0.25) is 0 Å². The van der Waals surface area contributed by atoms with Gasteiger partial charge < -0.3 is 4.57 Å². The summed E-state index contributed by atoms with van der Waals surface area (Å²) < 4.78 is 26.7. The van der Waals surface area contributed by atoms with Gasteiger partial charge in [0.15, 0.2) is 0 Å². The minimum atomic E-state index is -1.13. The third kappa shape index (κ3) is 3.49. The number of nitrogens with zero attached hydrogens (tertiary/aromatic N) is 2. The largest absolute Gasteiger partial charge is 0.337 e. The zero-order valence-corrected chi connectivity index (χ0v) is 10.1. The van der Waals surface area contributed by atoms with Crippen molar-refractivity contribution < 1.29 is 8.60 Å². The van der Waals surface area contributed by atoms with Crippen LogP contribution < -0.4 is 0 Å². The number of aromatic nitrogens is 2. The summed E-state index contributed by atoms with van der Waals surface area (Å²) >= 11 is 0. The first kappa shape index (κ1) is 12.0. The highest BCUT2D eigenvalue weighted by atomic mass is 32.2.